The molecule has 0 radical (unpaired) electrons. The Morgan fingerprint density at radius 2 is 2.15 bits per heavy atom. The third-order valence-electron chi connectivity index (χ3n) is 4.62. The van der Waals surface area contributed by atoms with Gasteiger partial charge in [-0.25, -0.2) is 9.37 Å². The number of benzene rings is 1. The maximum Gasteiger partial charge on any atom is 0.245 e. The molecule has 4 rings (SSSR count). The predicted molar refractivity (Wildman–Crippen MR) is 96.8 cm³/mol. The molecule has 0 aliphatic carbocycles. The first-order valence-electron chi connectivity index (χ1n) is 8.65. The third kappa shape index (κ3) is 3.03. The number of nitrogens with zero attached hydrogens (tertiary/aromatic N) is 3. The van der Waals surface area contributed by atoms with Gasteiger partial charge in [-0.2, -0.15) is 0 Å². The smallest absolute Gasteiger partial charge is 0.245 e. The van der Waals surface area contributed by atoms with Gasteiger partial charge in [-0.15, -0.1) is 0 Å². The van der Waals surface area contributed by atoms with Crippen molar-refractivity contribution in [3.05, 3.63) is 59.4 Å². The van der Waals surface area contributed by atoms with Crippen molar-refractivity contribution in [2.75, 3.05) is 18.6 Å². The van der Waals surface area contributed by atoms with Crippen LogP contribution < -0.4 is 9.64 Å². The second-order valence-corrected chi connectivity index (χ2v) is 6.41. The zero-order chi connectivity index (χ0) is 18.1. The second kappa shape index (κ2) is 6.78. The Balaban J connectivity index is 1.65. The first-order chi connectivity index (χ1) is 12.7. The number of pyridine rings is 1. The average Bonchev–Trinajstić information content (AvgIpc) is 2.94. The normalized spacial score (nSPS) is 14.0. The van der Waals surface area contributed by atoms with Crippen molar-refractivity contribution in [3.8, 4) is 17.3 Å². The molecule has 3 aromatic rings. The highest BCUT2D eigenvalue weighted by molar-refractivity contribution is 5.55. The molecule has 0 spiro atoms. The first kappa shape index (κ1) is 16.6. The molecule has 0 unspecified atom stereocenters. The number of hydrogen-bond donors (Lipinski definition) is 0. The summed E-state index contributed by atoms with van der Waals surface area (Å²) in [5.41, 5.74) is 3.22. The van der Waals surface area contributed by atoms with Crippen molar-refractivity contribution in [2.45, 2.75) is 26.3 Å². The Morgan fingerprint density at radius 1 is 1.27 bits per heavy atom. The minimum Gasteiger partial charge on any atom is -0.493 e. The van der Waals surface area contributed by atoms with Gasteiger partial charge in [0.1, 0.15) is 17.1 Å². The molecule has 2 aromatic heterocycles. The summed E-state index contributed by atoms with van der Waals surface area (Å²) in [6, 6.07) is 9.13. The topological polar surface area (TPSA) is 51.4 Å². The van der Waals surface area contributed by atoms with E-state index in [1.54, 1.807) is 6.20 Å². The summed E-state index contributed by atoms with van der Waals surface area (Å²) in [5.74, 6) is 1.37. The third-order valence-corrected chi connectivity index (χ3v) is 4.62. The molecule has 5 nitrogen and oxygen atoms in total. The summed E-state index contributed by atoms with van der Waals surface area (Å²) in [4.78, 5) is 11.1. The van der Waals surface area contributed by atoms with Crippen molar-refractivity contribution in [2.24, 2.45) is 0 Å². The first-order valence-corrected chi connectivity index (χ1v) is 8.65. The van der Waals surface area contributed by atoms with Gasteiger partial charge in [0.25, 0.3) is 0 Å². The summed E-state index contributed by atoms with van der Waals surface area (Å²) in [7, 11) is 1.48. The number of hydrogen-bond acceptors (Lipinski definition) is 5. The van der Waals surface area contributed by atoms with E-state index < -0.39 is 0 Å². The van der Waals surface area contributed by atoms with Crippen LogP contribution in [0, 0.1) is 12.7 Å². The number of ether oxygens (including phenoxy) is 1. The summed E-state index contributed by atoms with van der Waals surface area (Å²) in [6.07, 6.45) is 3.44. The summed E-state index contributed by atoms with van der Waals surface area (Å²) >= 11 is 0. The largest absolute Gasteiger partial charge is 0.493 e. The Labute approximate surface area is 151 Å². The lowest BCUT2D eigenvalue weighted by Gasteiger charge is -2.23. The van der Waals surface area contributed by atoms with Crippen molar-refractivity contribution in [3.63, 3.8) is 0 Å². The van der Waals surface area contributed by atoms with Crippen LogP contribution in [0.25, 0.3) is 11.6 Å². The molecule has 1 aromatic carbocycles. The second-order valence-electron chi connectivity index (χ2n) is 6.41. The lowest BCUT2D eigenvalue weighted by atomic mass is 10.1. The summed E-state index contributed by atoms with van der Waals surface area (Å²) in [5, 5.41) is 0. The van der Waals surface area contributed by atoms with Crippen LogP contribution in [0.5, 0.6) is 5.75 Å². The van der Waals surface area contributed by atoms with Gasteiger partial charge in [-0.1, -0.05) is 6.07 Å². The fourth-order valence-corrected chi connectivity index (χ4v) is 3.37. The van der Waals surface area contributed by atoms with Crippen LogP contribution in [0.4, 0.5) is 10.1 Å². The fourth-order valence-electron chi connectivity index (χ4n) is 3.37. The van der Waals surface area contributed by atoms with Gasteiger partial charge in [-0.05, 0) is 37.1 Å². The highest BCUT2D eigenvalue weighted by atomic mass is 19.1. The van der Waals surface area contributed by atoms with Gasteiger partial charge >= 0.3 is 0 Å². The van der Waals surface area contributed by atoms with Crippen molar-refractivity contribution in [1.82, 2.24) is 9.97 Å². The quantitative estimate of drug-likeness (QED) is 0.708. The number of halogens is 1. The van der Waals surface area contributed by atoms with Gasteiger partial charge in [-0.3, -0.25) is 4.98 Å². The molecule has 0 fully saturated rings. The molecule has 0 saturated carbocycles. The molecule has 3 heterocycles. The Kier molecular flexibility index (Phi) is 4.32. The van der Waals surface area contributed by atoms with E-state index in [-0.39, 0.29) is 5.82 Å². The lowest BCUT2D eigenvalue weighted by Crippen LogP contribution is -2.23. The minimum atomic E-state index is -0.346. The van der Waals surface area contributed by atoms with E-state index in [0.717, 1.165) is 47.8 Å². The standard InChI is InChI=1S/C20H20FN3O2/c1-13-10-14(11-15(21)19(13)25-2)24-9-5-7-18-17(12-24)23-20(26-18)16-6-3-4-8-22-16/h3-4,6,8,10-11H,5,7,9,12H2,1-2H3. The molecule has 0 N–H and O–H groups in total. The SMILES string of the molecule is COc1c(C)cc(N2CCCc3oc(-c4ccccn4)nc3C2)cc1F. The summed E-state index contributed by atoms with van der Waals surface area (Å²) < 4.78 is 25.4. The molecule has 0 atom stereocenters. The van der Waals surface area contributed by atoms with Crippen LogP contribution in [0.3, 0.4) is 0 Å². The van der Waals surface area contributed by atoms with E-state index in [2.05, 4.69) is 14.9 Å². The van der Waals surface area contributed by atoms with Gasteiger partial charge in [0.15, 0.2) is 11.6 Å². The number of aromatic nitrogens is 2. The van der Waals surface area contributed by atoms with Gasteiger partial charge < -0.3 is 14.1 Å². The average molecular weight is 353 g/mol. The van der Waals surface area contributed by atoms with Gasteiger partial charge in [0, 0.05) is 30.9 Å². The van der Waals surface area contributed by atoms with Crippen LogP contribution in [0.2, 0.25) is 0 Å². The van der Waals surface area contributed by atoms with Crippen LogP contribution in [0.1, 0.15) is 23.4 Å². The predicted octanol–water partition coefficient (Wildman–Crippen LogP) is 4.15. The van der Waals surface area contributed by atoms with E-state index in [0.29, 0.717) is 18.2 Å². The molecule has 26 heavy (non-hydrogen) atoms. The molecule has 134 valence electrons. The molecule has 0 saturated heterocycles. The molecular formula is C20H20FN3O2. The number of fused-ring (bicyclic) bond motifs is 1. The van der Waals surface area contributed by atoms with Gasteiger partial charge in [0.05, 0.1) is 13.7 Å². The Morgan fingerprint density at radius 3 is 2.88 bits per heavy atom. The number of oxazole rings is 1. The van der Waals surface area contributed by atoms with E-state index in [1.807, 2.05) is 31.2 Å². The molecule has 6 heteroatoms. The Hall–Kier alpha value is -2.89. The van der Waals surface area contributed by atoms with Crippen molar-refractivity contribution < 1.29 is 13.5 Å². The van der Waals surface area contributed by atoms with Gasteiger partial charge in [0.2, 0.25) is 5.89 Å². The van der Waals surface area contributed by atoms with E-state index in [1.165, 1.54) is 13.2 Å². The van der Waals surface area contributed by atoms with E-state index >= 15 is 0 Å². The molecule has 0 amide bonds. The molecule has 1 aliphatic heterocycles. The molecular weight excluding hydrogens is 333 g/mol. The highest BCUT2D eigenvalue weighted by Crippen LogP contribution is 2.31. The van der Waals surface area contributed by atoms with Crippen molar-refractivity contribution in [1.29, 1.82) is 0 Å². The maximum absolute atomic E-state index is 14.3. The number of rotatable bonds is 3. The van der Waals surface area contributed by atoms with Crippen LogP contribution in [-0.4, -0.2) is 23.6 Å². The zero-order valence-corrected chi connectivity index (χ0v) is 14.8. The summed E-state index contributed by atoms with van der Waals surface area (Å²) in [6.45, 7) is 3.25. The Bertz CT molecular complexity index is 901. The molecule has 1 aliphatic rings. The number of methoxy groups -OCH3 is 1. The van der Waals surface area contributed by atoms with Crippen LogP contribution in [0.15, 0.2) is 40.9 Å². The lowest BCUT2D eigenvalue weighted by molar-refractivity contribution is 0.383. The van der Waals surface area contributed by atoms with E-state index in [4.69, 9.17) is 9.15 Å². The van der Waals surface area contributed by atoms with Crippen molar-refractivity contribution >= 4 is 5.69 Å². The van der Waals surface area contributed by atoms with E-state index in [9.17, 15) is 4.39 Å². The number of anilines is 1. The van der Waals surface area contributed by atoms with Crippen LogP contribution >= 0.6 is 0 Å². The minimum absolute atomic E-state index is 0.295. The highest BCUT2D eigenvalue weighted by Gasteiger charge is 2.22. The maximum atomic E-state index is 14.3. The number of aryl methyl sites for hydroxylation is 2. The zero-order valence-electron chi connectivity index (χ0n) is 14.8. The monoisotopic (exact) mass is 353 g/mol. The fraction of sp³-hybridized carbons (Fsp3) is 0.300. The van der Waals surface area contributed by atoms with Crippen LogP contribution in [-0.2, 0) is 13.0 Å². The molecule has 0 bridgehead atoms.